The number of nitrogens with zero attached hydrogens (tertiary/aromatic N) is 2. The molecule has 7 nitrogen and oxygen atoms in total. The Labute approximate surface area is 263 Å². The van der Waals surface area contributed by atoms with E-state index in [-0.39, 0.29) is 32.9 Å². The molecule has 3 rings (SSSR count). The topological polar surface area (TPSA) is 86.8 Å². The van der Waals surface area contributed by atoms with Crippen molar-refractivity contribution in [1.82, 2.24) is 10.2 Å². The number of hydrogen-bond donors (Lipinski definition) is 1. The summed E-state index contributed by atoms with van der Waals surface area (Å²) in [4.78, 5) is 28.1. The monoisotopic (exact) mass is 677 g/mol. The van der Waals surface area contributed by atoms with Crippen LogP contribution in [0, 0.1) is 0 Å². The molecule has 0 spiro atoms. The lowest BCUT2D eigenvalue weighted by molar-refractivity contribution is -0.140. The Kier molecular flexibility index (Phi) is 11.8. The Bertz CT molecular complexity index is 1560. The molecule has 0 aliphatic carbocycles. The minimum atomic E-state index is -4.82. The number of rotatable bonds is 12. The minimum absolute atomic E-state index is 0.151. The molecule has 1 atom stereocenters. The van der Waals surface area contributed by atoms with Gasteiger partial charge in [-0.3, -0.25) is 13.9 Å². The molecule has 43 heavy (non-hydrogen) atoms. The van der Waals surface area contributed by atoms with E-state index >= 15 is 0 Å². The Hall–Kier alpha value is -2.99. The number of carbonyl (C=O) groups excluding carboxylic acids is 2. The van der Waals surface area contributed by atoms with E-state index in [9.17, 15) is 31.2 Å². The van der Waals surface area contributed by atoms with E-state index < -0.39 is 51.9 Å². The molecule has 0 aromatic heterocycles. The summed E-state index contributed by atoms with van der Waals surface area (Å²) in [7, 11) is -4.62. The van der Waals surface area contributed by atoms with E-state index in [1.807, 2.05) is 6.92 Å². The highest BCUT2D eigenvalue weighted by molar-refractivity contribution is 7.92. The molecule has 2 amide bonds. The Morgan fingerprint density at radius 2 is 1.56 bits per heavy atom. The van der Waals surface area contributed by atoms with E-state index in [2.05, 4.69) is 5.32 Å². The Balaban J connectivity index is 2.16. The SMILES string of the molecule is CCCNC(=O)[C@H](CC)N(Cc1ccc(Cl)c(Cl)c1)C(=O)CN(c1cc(C(F)(F)F)ccc1Cl)S(=O)(=O)c1ccccc1. The zero-order chi connectivity index (χ0) is 31.9. The van der Waals surface area contributed by atoms with Crippen LogP contribution in [-0.2, 0) is 32.3 Å². The van der Waals surface area contributed by atoms with Gasteiger partial charge in [-0.1, -0.05) is 72.9 Å². The summed E-state index contributed by atoms with van der Waals surface area (Å²) in [6.07, 6.45) is -4.05. The van der Waals surface area contributed by atoms with Gasteiger partial charge in [0.25, 0.3) is 10.0 Å². The zero-order valence-electron chi connectivity index (χ0n) is 23.2. The van der Waals surface area contributed by atoms with Gasteiger partial charge in [-0.2, -0.15) is 13.2 Å². The van der Waals surface area contributed by atoms with Gasteiger partial charge in [0.05, 0.1) is 31.2 Å². The highest BCUT2D eigenvalue weighted by atomic mass is 35.5. The summed E-state index contributed by atoms with van der Waals surface area (Å²) in [5.41, 5.74) is -1.23. The molecule has 0 unspecified atom stereocenters. The van der Waals surface area contributed by atoms with Crippen molar-refractivity contribution in [3.63, 3.8) is 0 Å². The third kappa shape index (κ3) is 8.56. The van der Waals surface area contributed by atoms with Crippen LogP contribution >= 0.6 is 34.8 Å². The first-order chi connectivity index (χ1) is 20.2. The number of alkyl halides is 3. The molecule has 232 valence electrons. The fourth-order valence-corrected chi connectivity index (χ4v) is 6.27. The molecule has 0 saturated heterocycles. The van der Waals surface area contributed by atoms with Crippen LogP contribution in [0.2, 0.25) is 15.1 Å². The fourth-order valence-electron chi connectivity index (χ4n) is 4.23. The number of hydrogen-bond acceptors (Lipinski definition) is 4. The van der Waals surface area contributed by atoms with Crippen LogP contribution in [0.15, 0.2) is 71.6 Å². The second-order valence-electron chi connectivity index (χ2n) is 9.47. The predicted molar refractivity (Wildman–Crippen MR) is 162 cm³/mol. The lowest BCUT2D eigenvalue weighted by Crippen LogP contribution is -2.52. The molecular formula is C29H29Cl3F3N3O4S. The van der Waals surface area contributed by atoms with E-state index in [0.29, 0.717) is 35.0 Å². The van der Waals surface area contributed by atoms with Gasteiger partial charge in [0, 0.05) is 13.1 Å². The fraction of sp³-hybridized carbons (Fsp3) is 0.310. The number of amides is 2. The van der Waals surface area contributed by atoms with Crippen molar-refractivity contribution < 1.29 is 31.2 Å². The first kappa shape index (κ1) is 34.5. The Morgan fingerprint density at radius 1 is 0.907 bits per heavy atom. The van der Waals surface area contributed by atoms with Gasteiger partial charge in [0.1, 0.15) is 12.6 Å². The number of benzene rings is 3. The maximum absolute atomic E-state index is 14.0. The van der Waals surface area contributed by atoms with E-state index in [0.717, 1.165) is 6.07 Å². The van der Waals surface area contributed by atoms with Gasteiger partial charge in [-0.25, -0.2) is 8.42 Å². The van der Waals surface area contributed by atoms with E-state index in [1.165, 1.54) is 41.3 Å². The summed E-state index contributed by atoms with van der Waals surface area (Å²) in [6.45, 7) is 2.72. The molecule has 0 bridgehead atoms. The van der Waals surface area contributed by atoms with Crippen LogP contribution in [0.3, 0.4) is 0 Å². The average Bonchev–Trinajstić information content (AvgIpc) is 2.96. The first-order valence-corrected chi connectivity index (χ1v) is 15.7. The van der Waals surface area contributed by atoms with Gasteiger partial charge in [0.2, 0.25) is 11.8 Å². The smallest absolute Gasteiger partial charge is 0.354 e. The highest BCUT2D eigenvalue weighted by Crippen LogP contribution is 2.37. The quantitative estimate of drug-likeness (QED) is 0.220. The molecule has 14 heteroatoms. The molecule has 0 aliphatic rings. The standard InChI is InChI=1S/C29H29Cl3F3N3O4S/c1-3-14-36-28(40)25(4-2)37(17-19-10-12-22(30)24(32)15-19)27(39)18-38(43(41,42)21-8-6-5-7-9-21)26-16-20(29(33,34)35)11-13-23(26)31/h5-13,15-16,25H,3-4,14,17-18H2,1-2H3,(H,36,40)/t25-/m0/s1. The molecule has 0 fully saturated rings. The highest BCUT2D eigenvalue weighted by Gasteiger charge is 2.37. The van der Waals surface area contributed by atoms with Crippen molar-refractivity contribution >= 4 is 62.3 Å². The van der Waals surface area contributed by atoms with Crippen molar-refractivity contribution in [2.45, 2.75) is 50.3 Å². The van der Waals surface area contributed by atoms with Gasteiger partial charge in [-0.15, -0.1) is 0 Å². The summed E-state index contributed by atoms with van der Waals surface area (Å²) in [6, 6.07) is 12.7. The maximum atomic E-state index is 14.0. The third-order valence-corrected chi connectivity index (χ3v) is 9.26. The normalized spacial score (nSPS) is 12.5. The first-order valence-electron chi connectivity index (χ1n) is 13.2. The minimum Gasteiger partial charge on any atom is -0.354 e. The molecule has 0 heterocycles. The second kappa shape index (κ2) is 14.7. The summed E-state index contributed by atoms with van der Waals surface area (Å²) >= 11 is 18.5. The zero-order valence-corrected chi connectivity index (χ0v) is 26.3. The van der Waals surface area contributed by atoms with Crippen LogP contribution in [0.25, 0.3) is 0 Å². The van der Waals surface area contributed by atoms with Gasteiger partial charge in [0.15, 0.2) is 0 Å². The molecule has 0 saturated carbocycles. The van der Waals surface area contributed by atoms with Crippen LogP contribution in [0.1, 0.15) is 37.8 Å². The van der Waals surface area contributed by atoms with Crippen LogP contribution in [0.4, 0.5) is 18.9 Å². The predicted octanol–water partition coefficient (Wildman–Crippen LogP) is 7.19. The summed E-state index contributed by atoms with van der Waals surface area (Å²) in [5.74, 6) is -1.34. The average molecular weight is 679 g/mol. The second-order valence-corrected chi connectivity index (χ2v) is 12.6. The number of halogens is 6. The van der Waals surface area contributed by atoms with Gasteiger partial charge >= 0.3 is 6.18 Å². The van der Waals surface area contributed by atoms with Crippen molar-refractivity contribution in [3.8, 4) is 0 Å². The summed E-state index contributed by atoms with van der Waals surface area (Å²) < 4.78 is 69.3. The van der Waals surface area contributed by atoms with Gasteiger partial charge < -0.3 is 10.2 Å². The molecular weight excluding hydrogens is 650 g/mol. The molecule has 1 N–H and O–H groups in total. The third-order valence-electron chi connectivity index (χ3n) is 6.42. The molecule has 0 aliphatic heterocycles. The number of nitrogens with one attached hydrogen (secondary N) is 1. The largest absolute Gasteiger partial charge is 0.416 e. The van der Waals surface area contributed by atoms with E-state index in [1.54, 1.807) is 19.1 Å². The van der Waals surface area contributed by atoms with Crippen molar-refractivity contribution in [1.29, 1.82) is 0 Å². The summed E-state index contributed by atoms with van der Waals surface area (Å²) in [5, 5.41) is 2.86. The van der Waals surface area contributed by atoms with Crippen molar-refractivity contribution in [2.75, 3.05) is 17.4 Å². The number of anilines is 1. The number of carbonyl (C=O) groups is 2. The lowest BCUT2D eigenvalue weighted by atomic mass is 10.1. The Morgan fingerprint density at radius 3 is 2.14 bits per heavy atom. The van der Waals surface area contributed by atoms with Crippen molar-refractivity contribution in [3.05, 3.63) is 92.9 Å². The molecule has 3 aromatic carbocycles. The van der Waals surface area contributed by atoms with Gasteiger partial charge in [-0.05, 0) is 60.9 Å². The molecule has 0 radical (unpaired) electrons. The van der Waals surface area contributed by atoms with Crippen LogP contribution in [-0.4, -0.2) is 44.3 Å². The lowest BCUT2D eigenvalue weighted by Gasteiger charge is -2.33. The number of sulfonamides is 1. The maximum Gasteiger partial charge on any atom is 0.416 e. The molecule has 3 aromatic rings. The van der Waals surface area contributed by atoms with Crippen LogP contribution < -0.4 is 9.62 Å². The van der Waals surface area contributed by atoms with Crippen LogP contribution in [0.5, 0.6) is 0 Å². The van der Waals surface area contributed by atoms with Crippen molar-refractivity contribution in [2.24, 2.45) is 0 Å². The van der Waals surface area contributed by atoms with E-state index in [4.69, 9.17) is 34.8 Å².